The Bertz CT molecular complexity index is 1260. The van der Waals surface area contributed by atoms with Crippen molar-refractivity contribution < 1.29 is 17.5 Å². The number of piperidine rings is 1. The van der Waals surface area contributed by atoms with E-state index < -0.39 is 15.8 Å². The van der Waals surface area contributed by atoms with E-state index in [1.54, 1.807) is 49.6 Å². The zero-order valence-corrected chi connectivity index (χ0v) is 20.7. The third kappa shape index (κ3) is 5.87. The van der Waals surface area contributed by atoms with Crippen LogP contribution in [-0.2, 0) is 10.0 Å². The Morgan fingerprint density at radius 3 is 2.43 bits per heavy atom. The molecule has 0 spiro atoms. The zero-order valence-electron chi connectivity index (χ0n) is 19.9. The number of hydrogen-bond donors (Lipinski definition) is 2. The predicted molar refractivity (Wildman–Crippen MR) is 133 cm³/mol. The van der Waals surface area contributed by atoms with E-state index in [0.717, 1.165) is 25.9 Å². The van der Waals surface area contributed by atoms with E-state index in [4.69, 9.17) is 4.74 Å². The molecule has 0 radical (unpaired) electrons. The van der Waals surface area contributed by atoms with Crippen molar-refractivity contribution in [2.75, 3.05) is 44.9 Å². The Hall–Kier alpha value is -3.28. The maximum absolute atomic E-state index is 13.6. The quantitative estimate of drug-likeness (QED) is 0.482. The molecule has 0 atom stereocenters. The topological polar surface area (TPSA) is 99.7 Å². The first-order valence-corrected chi connectivity index (χ1v) is 12.7. The van der Waals surface area contributed by atoms with Crippen LogP contribution >= 0.6 is 0 Å². The zero-order chi connectivity index (χ0) is 25.0. The van der Waals surface area contributed by atoms with Crippen molar-refractivity contribution in [3.63, 3.8) is 0 Å². The molecule has 1 aromatic heterocycles. The van der Waals surface area contributed by atoms with Gasteiger partial charge in [0.25, 0.3) is 0 Å². The van der Waals surface area contributed by atoms with E-state index in [9.17, 15) is 12.8 Å². The first kappa shape index (κ1) is 24.8. The number of sulfonamides is 1. The van der Waals surface area contributed by atoms with Crippen LogP contribution in [0, 0.1) is 5.82 Å². The molecule has 11 heteroatoms. The average Bonchev–Trinajstić information content (AvgIpc) is 2.86. The van der Waals surface area contributed by atoms with E-state index >= 15 is 0 Å². The van der Waals surface area contributed by atoms with Crippen molar-refractivity contribution in [1.29, 1.82) is 0 Å². The first-order chi connectivity index (χ1) is 16.8. The molecule has 2 aromatic carbocycles. The number of rotatable bonds is 8. The molecule has 0 saturated carbocycles. The van der Waals surface area contributed by atoms with Crippen molar-refractivity contribution in [3.05, 3.63) is 60.5 Å². The second-order valence-corrected chi connectivity index (χ2v) is 10.4. The molecular formula is C24H29FN6O3S. The molecule has 0 aliphatic carbocycles. The van der Waals surface area contributed by atoms with Gasteiger partial charge in [-0.1, -0.05) is 0 Å². The second kappa shape index (κ2) is 10.5. The fourth-order valence-corrected chi connectivity index (χ4v) is 5.35. The Morgan fingerprint density at radius 2 is 1.74 bits per heavy atom. The molecule has 9 nitrogen and oxygen atoms in total. The van der Waals surface area contributed by atoms with Gasteiger partial charge in [-0.2, -0.15) is 9.29 Å². The highest BCUT2D eigenvalue weighted by atomic mass is 32.2. The first-order valence-electron chi connectivity index (χ1n) is 11.2. The van der Waals surface area contributed by atoms with Crippen LogP contribution in [0.2, 0.25) is 0 Å². The lowest BCUT2D eigenvalue weighted by molar-refractivity contribution is 0.197. The van der Waals surface area contributed by atoms with Crippen molar-refractivity contribution in [2.45, 2.75) is 23.8 Å². The number of methoxy groups -OCH3 is 1. The second-order valence-electron chi connectivity index (χ2n) is 8.44. The van der Waals surface area contributed by atoms with Crippen LogP contribution in [0.4, 0.5) is 27.5 Å². The van der Waals surface area contributed by atoms with Gasteiger partial charge in [0.2, 0.25) is 16.0 Å². The number of hydrogen-bond acceptors (Lipinski definition) is 8. The lowest BCUT2D eigenvalue weighted by atomic mass is 10.1. The van der Waals surface area contributed by atoms with E-state index in [2.05, 4.69) is 25.5 Å². The van der Waals surface area contributed by atoms with Gasteiger partial charge in [0, 0.05) is 36.7 Å². The van der Waals surface area contributed by atoms with Crippen LogP contribution in [0.1, 0.15) is 12.8 Å². The summed E-state index contributed by atoms with van der Waals surface area (Å²) in [5.74, 6) is 0.489. The van der Waals surface area contributed by atoms with Crippen molar-refractivity contribution in [3.8, 4) is 5.75 Å². The molecule has 2 heterocycles. The molecule has 3 aromatic rings. The standard InChI is InChI=1S/C24H29FN6O3S/c1-30-14-11-19(12-15-30)31(2)35(32,33)20-7-4-17(5-8-20)28-24-26-13-10-23(29-24)27-18-6-9-21(25)22(16-18)34-3/h4-10,13,16,19H,11-12,14-15H2,1-3H3,(H2,26,27,28,29). The molecule has 2 N–H and O–H groups in total. The molecule has 4 rings (SSSR count). The van der Waals surface area contributed by atoms with Gasteiger partial charge in [0.05, 0.1) is 12.0 Å². The number of nitrogens with zero attached hydrogens (tertiary/aromatic N) is 4. The highest BCUT2D eigenvalue weighted by Crippen LogP contribution is 2.26. The lowest BCUT2D eigenvalue weighted by Crippen LogP contribution is -2.44. The number of anilines is 4. The van der Waals surface area contributed by atoms with Gasteiger partial charge >= 0.3 is 0 Å². The van der Waals surface area contributed by atoms with Gasteiger partial charge in [-0.25, -0.2) is 17.8 Å². The largest absolute Gasteiger partial charge is 0.494 e. The molecule has 186 valence electrons. The number of aromatic nitrogens is 2. The third-order valence-electron chi connectivity index (χ3n) is 6.07. The number of halogens is 1. The summed E-state index contributed by atoms with van der Waals surface area (Å²) in [6.07, 6.45) is 3.21. The Balaban J connectivity index is 1.43. The van der Waals surface area contributed by atoms with Crippen LogP contribution in [-0.4, -0.2) is 67.9 Å². The van der Waals surface area contributed by atoms with Crippen LogP contribution in [0.5, 0.6) is 5.75 Å². The van der Waals surface area contributed by atoms with Crippen molar-refractivity contribution in [1.82, 2.24) is 19.2 Å². The fraction of sp³-hybridized carbons (Fsp3) is 0.333. The molecule has 1 fully saturated rings. The SMILES string of the molecule is COc1cc(Nc2ccnc(Nc3ccc(S(=O)(=O)N(C)C4CCN(C)CC4)cc3)n2)ccc1F. The third-order valence-corrected chi connectivity index (χ3v) is 7.99. The normalized spacial score (nSPS) is 15.2. The lowest BCUT2D eigenvalue weighted by Gasteiger charge is -2.34. The Labute approximate surface area is 205 Å². The number of benzene rings is 2. The maximum Gasteiger partial charge on any atom is 0.243 e. The Kier molecular flexibility index (Phi) is 7.48. The summed E-state index contributed by atoms with van der Waals surface area (Å²) in [5.41, 5.74) is 1.25. The molecule has 0 bridgehead atoms. The summed E-state index contributed by atoms with van der Waals surface area (Å²) in [5, 5.41) is 6.16. The molecule has 0 unspecified atom stereocenters. The van der Waals surface area contributed by atoms with Gasteiger partial charge < -0.3 is 20.3 Å². The number of ether oxygens (including phenoxy) is 1. The van der Waals surface area contributed by atoms with E-state index in [-0.39, 0.29) is 16.7 Å². The van der Waals surface area contributed by atoms with E-state index in [1.165, 1.54) is 23.5 Å². The summed E-state index contributed by atoms with van der Waals surface area (Å²) in [6, 6.07) is 12.6. The van der Waals surface area contributed by atoms with Crippen molar-refractivity contribution in [2.24, 2.45) is 0 Å². The molecule has 1 aliphatic rings. The minimum Gasteiger partial charge on any atom is -0.494 e. The molecule has 35 heavy (non-hydrogen) atoms. The van der Waals surface area contributed by atoms with Gasteiger partial charge in [-0.3, -0.25) is 0 Å². The van der Waals surface area contributed by atoms with E-state index in [1.807, 2.05) is 7.05 Å². The monoisotopic (exact) mass is 500 g/mol. The smallest absolute Gasteiger partial charge is 0.243 e. The van der Waals surface area contributed by atoms with Crippen LogP contribution in [0.3, 0.4) is 0 Å². The highest BCUT2D eigenvalue weighted by Gasteiger charge is 2.30. The Morgan fingerprint density at radius 1 is 1.06 bits per heavy atom. The van der Waals surface area contributed by atoms with Gasteiger partial charge in [-0.05, 0) is 75.4 Å². The van der Waals surface area contributed by atoms with Crippen LogP contribution < -0.4 is 15.4 Å². The van der Waals surface area contributed by atoms with Crippen LogP contribution in [0.15, 0.2) is 59.6 Å². The molecule has 0 amide bonds. The molecular weight excluding hydrogens is 471 g/mol. The minimum atomic E-state index is -3.59. The summed E-state index contributed by atoms with van der Waals surface area (Å²) in [7, 11) is 1.51. The van der Waals surface area contributed by atoms with Gasteiger partial charge in [0.1, 0.15) is 5.82 Å². The minimum absolute atomic E-state index is 0.00119. The van der Waals surface area contributed by atoms with Crippen LogP contribution in [0.25, 0.3) is 0 Å². The fourth-order valence-electron chi connectivity index (χ4n) is 3.93. The summed E-state index contributed by atoms with van der Waals surface area (Å²) < 4.78 is 46.3. The summed E-state index contributed by atoms with van der Waals surface area (Å²) >= 11 is 0. The van der Waals surface area contributed by atoms with Gasteiger partial charge in [-0.15, -0.1) is 0 Å². The molecule has 1 saturated heterocycles. The summed E-state index contributed by atoms with van der Waals surface area (Å²) in [4.78, 5) is 11.1. The van der Waals surface area contributed by atoms with E-state index in [0.29, 0.717) is 23.1 Å². The highest BCUT2D eigenvalue weighted by molar-refractivity contribution is 7.89. The summed E-state index contributed by atoms with van der Waals surface area (Å²) in [6.45, 7) is 1.77. The number of likely N-dealkylation sites (tertiary alicyclic amines) is 1. The maximum atomic E-state index is 13.6. The molecule has 1 aliphatic heterocycles. The van der Waals surface area contributed by atoms with Crippen molar-refractivity contribution >= 4 is 33.2 Å². The number of nitrogens with one attached hydrogen (secondary N) is 2. The average molecular weight is 501 g/mol. The predicted octanol–water partition coefficient (Wildman–Crippen LogP) is 3.83. The van der Waals surface area contributed by atoms with Gasteiger partial charge in [0.15, 0.2) is 11.6 Å².